The third kappa shape index (κ3) is 4.19. The van der Waals surface area contributed by atoms with Crippen LogP contribution in [-0.4, -0.2) is 27.8 Å². The summed E-state index contributed by atoms with van der Waals surface area (Å²) in [5.74, 6) is -0.0617. The number of carbonyl (C=O) groups is 1. The zero-order chi connectivity index (χ0) is 15.3. The van der Waals surface area contributed by atoms with Crippen LogP contribution < -0.4 is 0 Å². The van der Waals surface area contributed by atoms with Gasteiger partial charge in [0.1, 0.15) is 0 Å². The molecule has 0 bridgehead atoms. The Bertz CT molecular complexity index is 496. The predicted octanol–water partition coefficient (Wildman–Crippen LogP) is 3.25. The highest BCUT2D eigenvalue weighted by Gasteiger charge is 2.17. The van der Waals surface area contributed by atoms with Crippen LogP contribution in [0, 0.1) is 10.1 Å². The Balaban J connectivity index is 2.81. The summed E-state index contributed by atoms with van der Waals surface area (Å²) in [6.45, 7) is 7.88. The first-order chi connectivity index (χ1) is 9.32. The predicted molar refractivity (Wildman–Crippen MR) is 79.2 cm³/mol. The molecule has 0 fully saturated rings. The van der Waals surface area contributed by atoms with E-state index in [0.717, 1.165) is 5.56 Å². The summed E-state index contributed by atoms with van der Waals surface area (Å²) in [7, 11) is 0. The third-order valence-corrected chi connectivity index (χ3v) is 2.89. The molecule has 1 aromatic rings. The van der Waals surface area contributed by atoms with E-state index in [0.29, 0.717) is 0 Å². The highest BCUT2D eigenvalue weighted by molar-refractivity contribution is 5.92. The van der Waals surface area contributed by atoms with Crippen molar-refractivity contribution >= 4 is 17.7 Å². The fraction of sp³-hybridized carbons (Fsp3) is 0.400. The number of benzene rings is 1. The first-order valence-corrected chi connectivity index (χ1v) is 6.57. The number of non-ortho nitro benzene ring substituents is 1. The minimum absolute atomic E-state index is 0.0412. The molecule has 1 amide bonds. The van der Waals surface area contributed by atoms with Crippen LogP contribution in [0.3, 0.4) is 0 Å². The number of nitro groups is 1. The van der Waals surface area contributed by atoms with Crippen molar-refractivity contribution in [3.05, 3.63) is 46.0 Å². The van der Waals surface area contributed by atoms with Crippen LogP contribution in [0.25, 0.3) is 6.08 Å². The Hall–Kier alpha value is -2.17. The number of nitrogens with zero attached hydrogens (tertiary/aromatic N) is 2. The van der Waals surface area contributed by atoms with Crippen molar-refractivity contribution in [2.75, 3.05) is 0 Å². The summed E-state index contributed by atoms with van der Waals surface area (Å²) in [5, 5.41) is 10.5. The molecule has 0 aliphatic rings. The van der Waals surface area contributed by atoms with Crippen LogP contribution in [-0.2, 0) is 4.79 Å². The molecule has 1 rings (SSSR count). The van der Waals surface area contributed by atoms with E-state index in [2.05, 4.69) is 0 Å². The number of carbonyl (C=O) groups excluding carboxylic acids is 1. The molecule has 0 aliphatic carbocycles. The zero-order valence-corrected chi connectivity index (χ0v) is 12.2. The molecule has 0 saturated heterocycles. The van der Waals surface area contributed by atoms with Crippen molar-refractivity contribution in [1.82, 2.24) is 4.90 Å². The maximum atomic E-state index is 12.1. The molecule has 0 spiro atoms. The van der Waals surface area contributed by atoms with E-state index in [1.165, 1.54) is 18.2 Å². The average molecular weight is 276 g/mol. The van der Waals surface area contributed by atoms with Crippen LogP contribution in [0.5, 0.6) is 0 Å². The molecule has 108 valence electrons. The summed E-state index contributed by atoms with van der Waals surface area (Å²) in [6, 6.07) is 6.35. The molecule has 0 N–H and O–H groups in total. The number of hydrogen-bond donors (Lipinski definition) is 0. The molecule has 0 unspecified atom stereocenters. The van der Waals surface area contributed by atoms with Crippen molar-refractivity contribution in [3.63, 3.8) is 0 Å². The Labute approximate surface area is 119 Å². The normalized spacial score (nSPS) is 11.3. The van der Waals surface area contributed by atoms with E-state index in [-0.39, 0.29) is 23.7 Å². The van der Waals surface area contributed by atoms with Gasteiger partial charge in [-0.15, -0.1) is 0 Å². The molecular weight excluding hydrogens is 256 g/mol. The first kappa shape index (κ1) is 15.9. The second-order valence-electron chi connectivity index (χ2n) is 5.11. The van der Waals surface area contributed by atoms with Gasteiger partial charge in [0, 0.05) is 30.3 Å². The summed E-state index contributed by atoms with van der Waals surface area (Å²) in [4.78, 5) is 24.0. The molecule has 0 atom stereocenters. The van der Waals surface area contributed by atoms with Crippen molar-refractivity contribution in [2.24, 2.45) is 0 Å². The summed E-state index contributed by atoms with van der Waals surface area (Å²) >= 11 is 0. The Morgan fingerprint density at radius 2 is 1.65 bits per heavy atom. The van der Waals surface area contributed by atoms with Crippen LogP contribution in [0.2, 0.25) is 0 Å². The SMILES string of the molecule is CC(C)N(C(=O)C=Cc1ccc([N+](=O)[O-])cc1)C(C)C. The van der Waals surface area contributed by atoms with Crippen LogP contribution >= 0.6 is 0 Å². The van der Waals surface area contributed by atoms with Gasteiger partial charge in [0.25, 0.3) is 5.69 Å². The number of amides is 1. The van der Waals surface area contributed by atoms with Gasteiger partial charge in [0.05, 0.1) is 4.92 Å². The van der Waals surface area contributed by atoms with Gasteiger partial charge in [-0.25, -0.2) is 0 Å². The lowest BCUT2D eigenvalue weighted by Crippen LogP contribution is -2.41. The molecule has 20 heavy (non-hydrogen) atoms. The monoisotopic (exact) mass is 276 g/mol. The minimum atomic E-state index is -0.447. The van der Waals surface area contributed by atoms with Crippen LogP contribution in [0.15, 0.2) is 30.3 Å². The second kappa shape index (κ2) is 6.84. The lowest BCUT2D eigenvalue weighted by molar-refractivity contribution is -0.384. The first-order valence-electron chi connectivity index (χ1n) is 6.57. The van der Waals surface area contributed by atoms with Gasteiger partial charge in [-0.1, -0.05) is 0 Å². The molecule has 1 aromatic carbocycles. The topological polar surface area (TPSA) is 63.5 Å². The van der Waals surface area contributed by atoms with E-state index >= 15 is 0 Å². The summed E-state index contributed by atoms with van der Waals surface area (Å²) < 4.78 is 0. The molecule has 0 heterocycles. The fourth-order valence-corrected chi connectivity index (χ4v) is 2.07. The number of rotatable bonds is 5. The Kier molecular flexibility index (Phi) is 5.43. The third-order valence-electron chi connectivity index (χ3n) is 2.89. The standard InChI is InChI=1S/C15H20N2O3/c1-11(2)16(12(3)4)15(18)10-7-13-5-8-14(9-6-13)17(19)20/h5-12H,1-4H3. The zero-order valence-electron chi connectivity index (χ0n) is 12.2. The van der Waals surface area contributed by atoms with Crippen molar-refractivity contribution in [1.29, 1.82) is 0 Å². The highest BCUT2D eigenvalue weighted by Crippen LogP contribution is 2.13. The van der Waals surface area contributed by atoms with Crippen molar-refractivity contribution in [2.45, 2.75) is 39.8 Å². The molecule has 0 aliphatic heterocycles. The summed E-state index contributed by atoms with van der Waals surface area (Å²) in [6.07, 6.45) is 3.17. The van der Waals surface area contributed by atoms with E-state index in [1.807, 2.05) is 27.7 Å². The van der Waals surface area contributed by atoms with Crippen LogP contribution in [0.1, 0.15) is 33.3 Å². The average Bonchev–Trinajstić information content (AvgIpc) is 2.36. The van der Waals surface area contributed by atoms with Gasteiger partial charge < -0.3 is 4.90 Å². The van der Waals surface area contributed by atoms with Crippen LogP contribution in [0.4, 0.5) is 5.69 Å². The molecular formula is C15H20N2O3. The van der Waals surface area contributed by atoms with Gasteiger partial charge in [-0.05, 0) is 51.5 Å². The van der Waals surface area contributed by atoms with Gasteiger partial charge in [0.15, 0.2) is 0 Å². The fourth-order valence-electron chi connectivity index (χ4n) is 2.07. The molecule has 5 heteroatoms. The highest BCUT2D eigenvalue weighted by atomic mass is 16.6. The minimum Gasteiger partial charge on any atom is -0.334 e. The number of nitro benzene ring substituents is 1. The Morgan fingerprint density at radius 3 is 2.05 bits per heavy atom. The Morgan fingerprint density at radius 1 is 1.15 bits per heavy atom. The van der Waals surface area contributed by atoms with E-state index < -0.39 is 4.92 Å². The lowest BCUT2D eigenvalue weighted by Gasteiger charge is -2.29. The maximum absolute atomic E-state index is 12.1. The molecule has 5 nitrogen and oxygen atoms in total. The van der Waals surface area contributed by atoms with Gasteiger partial charge in [0.2, 0.25) is 5.91 Å². The van der Waals surface area contributed by atoms with E-state index in [1.54, 1.807) is 23.1 Å². The second-order valence-corrected chi connectivity index (χ2v) is 5.11. The smallest absolute Gasteiger partial charge is 0.269 e. The van der Waals surface area contributed by atoms with Crippen molar-refractivity contribution < 1.29 is 9.72 Å². The van der Waals surface area contributed by atoms with Crippen molar-refractivity contribution in [3.8, 4) is 0 Å². The molecule has 0 radical (unpaired) electrons. The molecule has 0 saturated carbocycles. The quantitative estimate of drug-likeness (QED) is 0.471. The van der Waals surface area contributed by atoms with Gasteiger partial charge in [-0.3, -0.25) is 14.9 Å². The van der Waals surface area contributed by atoms with Gasteiger partial charge in [-0.2, -0.15) is 0 Å². The lowest BCUT2D eigenvalue weighted by atomic mass is 10.1. The van der Waals surface area contributed by atoms with E-state index in [9.17, 15) is 14.9 Å². The van der Waals surface area contributed by atoms with E-state index in [4.69, 9.17) is 0 Å². The maximum Gasteiger partial charge on any atom is 0.269 e. The summed E-state index contributed by atoms with van der Waals surface area (Å²) in [5.41, 5.74) is 0.802. The van der Waals surface area contributed by atoms with Gasteiger partial charge >= 0.3 is 0 Å². The largest absolute Gasteiger partial charge is 0.334 e. The molecule has 0 aromatic heterocycles. The number of hydrogen-bond acceptors (Lipinski definition) is 3.